The highest BCUT2D eigenvalue weighted by Gasteiger charge is 2.54. The third-order valence-electron chi connectivity index (χ3n) is 11.4. The molecule has 4 amide bonds. The van der Waals surface area contributed by atoms with Gasteiger partial charge in [0.05, 0.1) is 38.0 Å². The number of rotatable bonds is 22. The predicted octanol–water partition coefficient (Wildman–Crippen LogP) is -4.61. The zero-order chi connectivity index (χ0) is 43.5. The summed E-state index contributed by atoms with van der Waals surface area (Å²) in [7, 11) is 0. The normalized spacial score (nSPS) is 40.4. The molecule has 0 radical (unpaired) electrons. The van der Waals surface area contributed by atoms with E-state index in [1.165, 1.54) is 6.92 Å². The molecule has 23 heteroatoms. The lowest BCUT2D eigenvalue weighted by Crippen LogP contribution is -2.67. The Kier molecular flexibility index (Phi) is 19.3. The Morgan fingerprint density at radius 2 is 1.27 bits per heavy atom. The summed E-state index contributed by atoms with van der Waals surface area (Å²) in [6.45, 7) is 0.532. The van der Waals surface area contributed by atoms with Gasteiger partial charge in [-0.1, -0.05) is 12.8 Å². The number of carbonyl (C=O) groups is 3. The van der Waals surface area contributed by atoms with Crippen molar-refractivity contribution < 1.29 is 88.8 Å². The number of nitrogens with one attached hydrogen (secondary N) is 4. The number of unbranched alkanes of at least 4 members (excludes halogenated alkanes) is 3. The monoisotopic (exact) mass is 884 g/mol. The third kappa shape index (κ3) is 12.8. The van der Waals surface area contributed by atoms with Crippen molar-refractivity contribution in [2.45, 2.75) is 174 Å². The van der Waals surface area contributed by atoms with Crippen LogP contribution in [0.4, 0.5) is 4.79 Å². The molecule has 17 unspecified atom stereocenters. The molecule has 0 bridgehead atoms. The highest BCUT2D eigenvalue weighted by Crippen LogP contribution is 2.35. The second kappa shape index (κ2) is 23.6. The first-order valence-electron chi connectivity index (χ1n) is 20.8. The average molecular weight is 885 g/mol. The lowest BCUT2D eigenvalue weighted by molar-refractivity contribution is -0.390. The molecular formula is C37H64N4O18S. The van der Waals surface area contributed by atoms with Gasteiger partial charge in [-0.05, 0) is 39.0 Å². The minimum atomic E-state index is -1.89. The van der Waals surface area contributed by atoms with Crippen molar-refractivity contribution in [1.82, 2.24) is 21.3 Å². The van der Waals surface area contributed by atoms with E-state index in [0.717, 1.165) is 37.9 Å². The smallest absolute Gasteiger partial charge is 0.315 e. The molecule has 0 aromatic carbocycles. The number of fused-ring (bicyclic) bond motifs is 1. The zero-order valence-electron chi connectivity index (χ0n) is 33.6. The summed E-state index contributed by atoms with van der Waals surface area (Å²) >= 11 is 1.86. The van der Waals surface area contributed by atoms with Gasteiger partial charge in [-0.2, -0.15) is 11.8 Å². The van der Waals surface area contributed by atoms with Crippen molar-refractivity contribution >= 4 is 29.6 Å². The van der Waals surface area contributed by atoms with E-state index in [4.69, 9.17) is 28.4 Å². The number of thioether (sulfide) groups is 1. The van der Waals surface area contributed by atoms with E-state index in [1.807, 2.05) is 11.8 Å². The van der Waals surface area contributed by atoms with Gasteiger partial charge in [0.25, 0.3) is 0 Å². The van der Waals surface area contributed by atoms with Crippen LogP contribution in [0.15, 0.2) is 0 Å². The van der Waals surface area contributed by atoms with Crippen LogP contribution in [0.2, 0.25) is 0 Å². The SMILES string of the molecule is CC1OC(OC2C(OCCCNC(=O)CCCCCNC(=O)CCCCC3SCC4NC(=O)N[C@@H]43)OC(CO)C(O)C2OC2OC(CO)C(O)C(O)C2O)C(O)C(O)C1O. The van der Waals surface area contributed by atoms with E-state index in [9.17, 15) is 60.3 Å². The van der Waals surface area contributed by atoms with Crippen LogP contribution in [-0.2, 0) is 38.0 Å². The quantitative estimate of drug-likeness (QED) is 0.0359. The maximum absolute atomic E-state index is 12.5. The number of hydrogen-bond acceptors (Lipinski definition) is 19. The third-order valence-corrected chi connectivity index (χ3v) is 13.0. The van der Waals surface area contributed by atoms with E-state index in [0.29, 0.717) is 24.6 Å². The molecule has 0 saturated carbocycles. The number of carbonyl (C=O) groups excluding carboxylic acids is 3. The molecular weight excluding hydrogens is 820 g/mol. The summed E-state index contributed by atoms with van der Waals surface area (Å²) in [5.74, 6) is 0.709. The lowest BCUT2D eigenvalue weighted by Gasteiger charge is -2.48. The highest BCUT2D eigenvalue weighted by molar-refractivity contribution is 8.00. The molecule has 5 aliphatic rings. The van der Waals surface area contributed by atoms with Crippen LogP contribution < -0.4 is 21.3 Å². The molecule has 346 valence electrons. The second-order valence-electron chi connectivity index (χ2n) is 15.9. The van der Waals surface area contributed by atoms with Gasteiger partial charge >= 0.3 is 6.03 Å². The average Bonchev–Trinajstić information content (AvgIpc) is 3.79. The second-order valence-corrected chi connectivity index (χ2v) is 17.2. The Morgan fingerprint density at radius 1 is 0.683 bits per heavy atom. The van der Waals surface area contributed by atoms with Gasteiger partial charge in [0.15, 0.2) is 18.9 Å². The van der Waals surface area contributed by atoms with E-state index in [1.54, 1.807) is 0 Å². The first kappa shape index (κ1) is 49.0. The molecule has 22 nitrogen and oxygen atoms in total. The van der Waals surface area contributed by atoms with Crippen LogP contribution in [0.3, 0.4) is 0 Å². The molecule has 0 aromatic heterocycles. The highest BCUT2D eigenvalue weighted by atomic mass is 32.2. The van der Waals surface area contributed by atoms with Gasteiger partial charge in [-0.15, -0.1) is 0 Å². The predicted molar refractivity (Wildman–Crippen MR) is 207 cm³/mol. The fourth-order valence-electron chi connectivity index (χ4n) is 7.86. The van der Waals surface area contributed by atoms with Crippen molar-refractivity contribution in [2.75, 3.05) is 38.7 Å². The number of aliphatic hydroxyl groups excluding tert-OH is 9. The minimum absolute atomic E-state index is 0.00712. The number of ether oxygens (including phenoxy) is 6. The molecule has 0 aliphatic carbocycles. The standard InChI is InChI=1S/C37H64N4O18S/c1-17-25(46)28(49)30(51)34(55-17)59-33-32(58-35-31(52)29(50)26(47)19(14-42)56-35)27(48)20(15-43)57-36(33)54-13-7-12-39-22(44)9-3-2-6-11-38-23(45)10-5-4-8-21-24-18(16-60-21)40-37(53)41-24/h17-21,24-36,42-43,46-52H,2-16H2,1H3,(H,38,45)(H,39,44)(H2,40,41,53)/t17?,18?,19?,20?,21?,24-,25?,26?,27?,28?,29?,30?,31?,32?,33?,34?,35?,36?/m0/s1. The zero-order valence-corrected chi connectivity index (χ0v) is 34.4. The van der Waals surface area contributed by atoms with Crippen LogP contribution in [0.25, 0.3) is 0 Å². The maximum atomic E-state index is 12.5. The van der Waals surface area contributed by atoms with Gasteiger partial charge in [0.2, 0.25) is 11.8 Å². The lowest BCUT2D eigenvalue weighted by atomic mass is 9.96. The van der Waals surface area contributed by atoms with Crippen molar-refractivity contribution in [3.63, 3.8) is 0 Å². The van der Waals surface area contributed by atoms with Crippen LogP contribution in [0, 0.1) is 0 Å². The van der Waals surface area contributed by atoms with Crippen LogP contribution >= 0.6 is 11.8 Å². The summed E-state index contributed by atoms with van der Waals surface area (Å²) in [4.78, 5) is 36.3. The van der Waals surface area contributed by atoms with Gasteiger partial charge in [-0.25, -0.2) is 4.79 Å². The number of urea groups is 1. The fraction of sp³-hybridized carbons (Fsp3) is 0.919. The van der Waals surface area contributed by atoms with Gasteiger partial charge in [0, 0.05) is 36.9 Å². The Hall–Kier alpha value is -2.04. The summed E-state index contributed by atoms with van der Waals surface area (Å²) in [5.41, 5.74) is 0. The maximum Gasteiger partial charge on any atom is 0.315 e. The topological polar surface area (TPSA) is 337 Å². The summed E-state index contributed by atoms with van der Waals surface area (Å²) in [5, 5.41) is 105. The Morgan fingerprint density at radius 3 is 1.95 bits per heavy atom. The molecule has 60 heavy (non-hydrogen) atoms. The van der Waals surface area contributed by atoms with E-state index >= 15 is 0 Å². The summed E-state index contributed by atoms with van der Waals surface area (Å²) in [6, 6.07) is 0.246. The molecule has 5 fully saturated rings. The molecule has 5 saturated heterocycles. The minimum Gasteiger partial charge on any atom is -0.394 e. The van der Waals surface area contributed by atoms with Crippen molar-refractivity contribution in [3.8, 4) is 0 Å². The van der Waals surface area contributed by atoms with E-state index in [-0.39, 0.29) is 55.9 Å². The van der Waals surface area contributed by atoms with Crippen molar-refractivity contribution in [1.29, 1.82) is 0 Å². The first-order valence-corrected chi connectivity index (χ1v) is 21.9. The molecule has 13 N–H and O–H groups in total. The number of hydrogen-bond donors (Lipinski definition) is 13. The van der Waals surface area contributed by atoms with Crippen LogP contribution in [0.5, 0.6) is 0 Å². The molecule has 5 heterocycles. The molecule has 5 aliphatic heterocycles. The van der Waals surface area contributed by atoms with E-state index in [2.05, 4.69) is 21.3 Å². The van der Waals surface area contributed by atoms with Gasteiger partial charge in [-0.3, -0.25) is 9.59 Å². The fourth-order valence-corrected chi connectivity index (χ4v) is 9.40. The molecule has 0 aromatic rings. The molecule has 18 atom stereocenters. The molecule has 5 rings (SSSR count). The Bertz CT molecular complexity index is 1360. The van der Waals surface area contributed by atoms with Gasteiger partial charge < -0.3 is 95.6 Å². The summed E-state index contributed by atoms with van der Waals surface area (Å²) in [6.07, 6.45) is -18.3. The van der Waals surface area contributed by atoms with E-state index < -0.39 is 105 Å². The first-order chi connectivity index (χ1) is 28.7. The van der Waals surface area contributed by atoms with Crippen molar-refractivity contribution in [2.24, 2.45) is 0 Å². The number of aliphatic hydroxyl groups is 9. The summed E-state index contributed by atoms with van der Waals surface area (Å²) < 4.78 is 34.6. The largest absolute Gasteiger partial charge is 0.394 e. The molecule has 0 spiro atoms. The van der Waals surface area contributed by atoms with Gasteiger partial charge in [0.1, 0.15) is 67.1 Å². The van der Waals surface area contributed by atoms with Crippen LogP contribution in [-0.4, -0.2) is 212 Å². The number of amides is 4. The Balaban J connectivity index is 1.02. The Labute approximate surface area is 351 Å². The van der Waals surface area contributed by atoms with Crippen LogP contribution in [0.1, 0.15) is 64.7 Å². The van der Waals surface area contributed by atoms with Crippen molar-refractivity contribution in [3.05, 3.63) is 0 Å².